The third-order valence-electron chi connectivity index (χ3n) is 6.93. The number of likely N-dealkylation sites (N-methyl/N-ethyl adjacent to an activating group) is 1. The zero-order valence-corrected chi connectivity index (χ0v) is 23.6. The lowest BCUT2D eigenvalue weighted by atomic mass is 10.2. The number of fused-ring (bicyclic) bond motifs is 1. The minimum Gasteiger partial charge on any atom is -0.450 e. The van der Waals surface area contributed by atoms with Crippen LogP contribution in [0.15, 0.2) is 47.4 Å². The number of ether oxygens (including phenoxy) is 1. The molecule has 2 amide bonds. The van der Waals surface area contributed by atoms with E-state index in [1.54, 1.807) is 18.3 Å². The van der Waals surface area contributed by atoms with E-state index in [2.05, 4.69) is 22.2 Å². The summed E-state index contributed by atoms with van der Waals surface area (Å²) in [5, 5.41) is 3.89. The molecule has 0 saturated carbocycles. The molecule has 5 rings (SSSR count). The Morgan fingerprint density at radius 2 is 1.67 bits per heavy atom. The van der Waals surface area contributed by atoms with E-state index in [-0.39, 0.29) is 43.6 Å². The highest BCUT2D eigenvalue weighted by molar-refractivity contribution is 7.89. The molecule has 3 aromatic rings. The second-order valence-electron chi connectivity index (χ2n) is 9.54. The van der Waals surface area contributed by atoms with Crippen molar-refractivity contribution < 1.29 is 22.7 Å². The summed E-state index contributed by atoms with van der Waals surface area (Å²) in [6.07, 6.45) is -0.435. The normalized spacial score (nSPS) is 17.4. The molecule has 0 spiro atoms. The summed E-state index contributed by atoms with van der Waals surface area (Å²) in [6, 6.07) is 11.5. The van der Waals surface area contributed by atoms with Crippen LogP contribution >= 0.6 is 11.3 Å². The summed E-state index contributed by atoms with van der Waals surface area (Å²) in [5.74, 6) is -0.329. The molecule has 2 aromatic carbocycles. The van der Waals surface area contributed by atoms with Crippen molar-refractivity contribution in [3.63, 3.8) is 0 Å². The third kappa shape index (κ3) is 6.01. The van der Waals surface area contributed by atoms with E-state index in [9.17, 15) is 18.0 Å². The maximum Gasteiger partial charge on any atom is 0.409 e. The lowest BCUT2D eigenvalue weighted by Crippen LogP contribution is -2.50. The van der Waals surface area contributed by atoms with Crippen LogP contribution in [-0.2, 0) is 14.8 Å². The molecule has 208 valence electrons. The van der Waals surface area contributed by atoms with Crippen molar-refractivity contribution in [3.05, 3.63) is 48.0 Å². The van der Waals surface area contributed by atoms with Crippen molar-refractivity contribution in [1.82, 2.24) is 19.1 Å². The number of hydrogen-bond acceptors (Lipinski definition) is 9. The number of hydrogen-bond donors (Lipinski definition) is 1. The Hall–Kier alpha value is -3.26. The lowest BCUT2D eigenvalue weighted by molar-refractivity contribution is 0.0933. The minimum absolute atomic E-state index is 0.103. The lowest BCUT2D eigenvalue weighted by Gasteiger charge is -2.33. The molecule has 2 saturated heterocycles. The molecule has 39 heavy (non-hydrogen) atoms. The summed E-state index contributed by atoms with van der Waals surface area (Å²) >= 11 is 1.61. The molecule has 0 unspecified atom stereocenters. The number of carbonyl (C=O) groups excluding carboxylic acids is 2. The maximum atomic E-state index is 13.1. The summed E-state index contributed by atoms with van der Waals surface area (Å²) < 4.78 is 33.5. The predicted octanol–water partition coefficient (Wildman–Crippen LogP) is 2.76. The Balaban J connectivity index is 1.21. The molecular formula is C26H32N6O5S2. The average Bonchev–Trinajstić information content (AvgIpc) is 3.37. The molecule has 2 fully saturated rings. The molecule has 2 aliphatic rings. The van der Waals surface area contributed by atoms with Crippen molar-refractivity contribution in [2.45, 2.75) is 11.8 Å². The van der Waals surface area contributed by atoms with Gasteiger partial charge in [-0.3, -0.25) is 4.79 Å². The fourth-order valence-electron chi connectivity index (χ4n) is 4.58. The van der Waals surface area contributed by atoms with Crippen molar-refractivity contribution in [2.75, 3.05) is 76.2 Å². The minimum atomic E-state index is -3.75. The maximum absolute atomic E-state index is 13.1. The fourth-order valence-corrected chi connectivity index (χ4v) is 7.06. The summed E-state index contributed by atoms with van der Waals surface area (Å²) in [7, 11) is -1.63. The van der Waals surface area contributed by atoms with E-state index < -0.39 is 16.1 Å². The summed E-state index contributed by atoms with van der Waals surface area (Å²) in [4.78, 5) is 35.7. The number of benzene rings is 2. The van der Waals surface area contributed by atoms with Gasteiger partial charge in [0, 0.05) is 63.6 Å². The Morgan fingerprint density at radius 3 is 2.33 bits per heavy atom. The van der Waals surface area contributed by atoms with Gasteiger partial charge in [0.05, 0.1) is 21.7 Å². The number of thiazole rings is 1. The number of sulfonamides is 1. The number of piperazine rings is 2. The van der Waals surface area contributed by atoms with Crippen molar-refractivity contribution in [1.29, 1.82) is 0 Å². The van der Waals surface area contributed by atoms with E-state index in [0.717, 1.165) is 41.5 Å². The highest BCUT2D eigenvalue weighted by Crippen LogP contribution is 2.31. The van der Waals surface area contributed by atoms with Gasteiger partial charge in [-0.15, -0.1) is 0 Å². The monoisotopic (exact) mass is 572 g/mol. The molecule has 0 atom stereocenters. The fraction of sp³-hybridized carbons (Fsp3) is 0.423. The number of anilines is 2. The van der Waals surface area contributed by atoms with Crippen molar-refractivity contribution >= 4 is 54.4 Å². The van der Waals surface area contributed by atoms with Gasteiger partial charge < -0.3 is 24.8 Å². The van der Waals surface area contributed by atoms with E-state index in [1.807, 2.05) is 18.2 Å². The Morgan fingerprint density at radius 1 is 0.974 bits per heavy atom. The first-order chi connectivity index (χ1) is 18.7. The van der Waals surface area contributed by atoms with Gasteiger partial charge in [0.2, 0.25) is 10.0 Å². The van der Waals surface area contributed by atoms with Crippen LogP contribution in [0, 0.1) is 0 Å². The van der Waals surface area contributed by atoms with Crippen LogP contribution in [0.25, 0.3) is 10.2 Å². The van der Waals surface area contributed by atoms with E-state index in [0.29, 0.717) is 11.3 Å². The highest BCUT2D eigenvalue weighted by atomic mass is 32.2. The van der Waals surface area contributed by atoms with Crippen LogP contribution < -0.4 is 10.2 Å². The highest BCUT2D eigenvalue weighted by Gasteiger charge is 2.30. The van der Waals surface area contributed by atoms with E-state index in [1.165, 1.54) is 33.5 Å². The number of aromatic nitrogens is 1. The van der Waals surface area contributed by atoms with Gasteiger partial charge >= 0.3 is 6.09 Å². The Kier molecular flexibility index (Phi) is 8.03. The van der Waals surface area contributed by atoms with Crippen LogP contribution in [0.3, 0.4) is 0 Å². The molecule has 0 bridgehead atoms. The topological polar surface area (TPSA) is 115 Å². The van der Waals surface area contributed by atoms with E-state index >= 15 is 0 Å². The molecule has 0 aliphatic carbocycles. The Labute approximate surface area is 232 Å². The standard InChI is InChI=1S/C26H32N6O5S2/c1-3-37-26(34)31-14-16-32(17-15-31)39(35,36)21-7-4-19(5-8-21)24(33)27-20-6-9-22-23(18-20)38-25(28-22)30-12-10-29(2)11-13-30/h4-9,18H,3,10-17H2,1-2H3,(H,27,33). The van der Waals surface area contributed by atoms with E-state index in [4.69, 9.17) is 9.72 Å². The zero-order chi connectivity index (χ0) is 27.6. The van der Waals surface area contributed by atoms with Crippen LogP contribution in [0.2, 0.25) is 0 Å². The molecule has 11 nitrogen and oxygen atoms in total. The number of nitrogens with zero attached hydrogens (tertiary/aromatic N) is 5. The number of carbonyl (C=O) groups is 2. The largest absolute Gasteiger partial charge is 0.450 e. The predicted molar refractivity (Wildman–Crippen MR) is 151 cm³/mol. The molecule has 13 heteroatoms. The average molecular weight is 573 g/mol. The van der Waals surface area contributed by atoms with Gasteiger partial charge in [0.25, 0.3) is 5.91 Å². The van der Waals surface area contributed by atoms with Gasteiger partial charge in [-0.25, -0.2) is 18.2 Å². The van der Waals surface area contributed by atoms with Gasteiger partial charge in [0.1, 0.15) is 0 Å². The SMILES string of the molecule is CCOC(=O)N1CCN(S(=O)(=O)c2ccc(C(=O)Nc3ccc4nc(N5CCN(C)CC5)sc4c3)cc2)CC1. The second kappa shape index (κ2) is 11.5. The number of amides is 2. The quantitative estimate of drug-likeness (QED) is 0.480. The molecule has 0 radical (unpaired) electrons. The molecular weight excluding hydrogens is 540 g/mol. The van der Waals surface area contributed by atoms with Crippen molar-refractivity contribution in [2.24, 2.45) is 0 Å². The molecule has 1 aromatic heterocycles. The first-order valence-electron chi connectivity index (χ1n) is 12.9. The second-order valence-corrected chi connectivity index (χ2v) is 12.5. The van der Waals surface area contributed by atoms with Crippen molar-refractivity contribution in [3.8, 4) is 0 Å². The third-order valence-corrected chi connectivity index (χ3v) is 9.92. The van der Waals surface area contributed by atoms with Gasteiger partial charge in [-0.2, -0.15) is 4.31 Å². The molecule has 3 heterocycles. The van der Waals surface area contributed by atoms with Gasteiger partial charge in [-0.05, 0) is 56.4 Å². The van der Waals surface area contributed by atoms with Gasteiger partial charge in [-0.1, -0.05) is 11.3 Å². The smallest absolute Gasteiger partial charge is 0.409 e. The summed E-state index contributed by atoms with van der Waals surface area (Å²) in [6.45, 7) is 6.78. The first kappa shape index (κ1) is 27.3. The zero-order valence-electron chi connectivity index (χ0n) is 22.0. The Bertz CT molecular complexity index is 1440. The molecule has 2 aliphatic heterocycles. The molecule has 1 N–H and O–H groups in total. The number of rotatable bonds is 6. The summed E-state index contributed by atoms with van der Waals surface area (Å²) in [5.41, 5.74) is 1.89. The van der Waals surface area contributed by atoms with Crippen LogP contribution in [-0.4, -0.2) is 106 Å². The first-order valence-corrected chi connectivity index (χ1v) is 15.2. The van der Waals surface area contributed by atoms with Gasteiger partial charge in [0.15, 0.2) is 5.13 Å². The van der Waals surface area contributed by atoms with Crippen LogP contribution in [0.5, 0.6) is 0 Å². The van der Waals surface area contributed by atoms with Crippen LogP contribution in [0.1, 0.15) is 17.3 Å². The van der Waals surface area contributed by atoms with Crippen LogP contribution in [0.4, 0.5) is 15.6 Å². The number of nitrogens with one attached hydrogen (secondary N) is 1.